The average molecular weight is 232 g/mol. The van der Waals surface area contributed by atoms with E-state index in [9.17, 15) is 0 Å². The Bertz CT molecular complexity index is 338. The van der Waals surface area contributed by atoms with E-state index >= 15 is 0 Å². The SMILES string of the molecule is Cc1c(Cl)cc(Cl)c(C)c1C(C)(C)N. The molecule has 0 aliphatic heterocycles. The van der Waals surface area contributed by atoms with Crippen molar-refractivity contribution in [3.8, 4) is 0 Å². The minimum absolute atomic E-state index is 0.414. The third kappa shape index (κ3) is 2.05. The fourth-order valence-corrected chi connectivity index (χ4v) is 2.28. The van der Waals surface area contributed by atoms with Crippen molar-refractivity contribution >= 4 is 23.2 Å². The molecule has 0 bridgehead atoms. The van der Waals surface area contributed by atoms with Gasteiger partial charge in [0.25, 0.3) is 0 Å². The summed E-state index contributed by atoms with van der Waals surface area (Å²) in [7, 11) is 0. The van der Waals surface area contributed by atoms with Gasteiger partial charge in [-0.3, -0.25) is 0 Å². The van der Waals surface area contributed by atoms with Gasteiger partial charge in [-0.1, -0.05) is 23.2 Å². The van der Waals surface area contributed by atoms with Crippen LogP contribution in [0.25, 0.3) is 0 Å². The van der Waals surface area contributed by atoms with Crippen LogP contribution in [0.5, 0.6) is 0 Å². The molecule has 0 heterocycles. The van der Waals surface area contributed by atoms with Crippen molar-refractivity contribution in [3.05, 3.63) is 32.8 Å². The van der Waals surface area contributed by atoms with Crippen LogP contribution in [0, 0.1) is 13.8 Å². The molecule has 0 saturated heterocycles. The first kappa shape index (κ1) is 11.8. The second-order valence-corrected chi connectivity index (χ2v) is 5.00. The Kier molecular flexibility index (Phi) is 3.15. The molecular formula is C11H15Cl2N. The van der Waals surface area contributed by atoms with Crippen LogP contribution in [0.3, 0.4) is 0 Å². The molecule has 0 fully saturated rings. The fraction of sp³-hybridized carbons (Fsp3) is 0.455. The van der Waals surface area contributed by atoms with Crippen LogP contribution in [0.2, 0.25) is 10.0 Å². The van der Waals surface area contributed by atoms with Crippen molar-refractivity contribution in [3.63, 3.8) is 0 Å². The molecule has 2 N–H and O–H groups in total. The van der Waals surface area contributed by atoms with E-state index in [0.717, 1.165) is 16.7 Å². The van der Waals surface area contributed by atoms with Crippen molar-refractivity contribution in [1.82, 2.24) is 0 Å². The molecule has 3 heteroatoms. The van der Waals surface area contributed by atoms with E-state index in [1.807, 2.05) is 27.7 Å². The van der Waals surface area contributed by atoms with Crippen molar-refractivity contribution in [2.45, 2.75) is 33.2 Å². The number of rotatable bonds is 1. The van der Waals surface area contributed by atoms with E-state index in [1.165, 1.54) is 0 Å². The predicted molar refractivity (Wildman–Crippen MR) is 63.1 cm³/mol. The number of hydrogen-bond acceptors (Lipinski definition) is 1. The molecule has 78 valence electrons. The van der Waals surface area contributed by atoms with Crippen LogP contribution in [0.1, 0.15) is 30.5 Å². The van der Waals surface area contributed by atoms with Crippen LogP contribution in [0.4, 0.5) is 0 Å². The summed E-state index contributed by atoms with van der Waals surface area (Å²) in [6.07, 6.45) is 0. The van der Waals surface area contributed by atoms with Crippen molar-refractivity contribution < 1.29 is 0 Å². The standard InChI is InChI=1S/C11H15Cl2N/c1-6-8(12)5-9(13)7(2)10(6)11(3,4)14/h5H,14H2,1-4H3. The molecule has 1 aromatic rings. The van der Waals surface area contributed by atoms with Crippen LogP contribution in [-0.4, -0.2) is 0 Å². The number of halogens is 2. The van der Waals surface area contributed by atoms with Gasteiger partial charge in [0.2, 0.25) is 0 Å². The molecule has 0 spiro atoms. The van der Waals surface area contributed by atoms with E-state index in [4.69, 9.17) is 28.9 Å². The summed E-state index contributed by atoms with van der Waals surface area (Å²) in [6, 6.07) is 1.77. The molecule has 0 atom stereocenters. The number of nitrogens with two attached hydrogens (primary N) is 1. The lowest BCUT2D eigenvalue weighted by Gasteiger charge is -2.25. The van der Waals surface area contributed by atoms with Gasteiger partial charge in [0, 0.05) is 15.6 Å². The smallest absolute Gasteiger partial charge is 0.0453 e. The van der Waals surface area contributed by atoms with Gasteiger partial charge in [0.1, 0.15) is 0 Å². The highest BCUT2D eigenvalue weighted by Gasteiger charge is 2.22. The Morgan fingerprint density at radius 2 is 1.43 bits per heavy atom. The van der Waals surface area contributed by atoms with Gasteiger partial charge in [0.15, 0.2) is 0 Å². The van der Waals surface area contributed by atoms with Crippen molar-refractivity contribution in [1.29, 1.82) is 0 Å². The first-order valence-electron chi connectivity index (χ1n) is 4.49. The van der Waals surface area contributed by atoms with Crippen LogP contribution >= 0.6 is 23.2 Å². The maximum atomic E-state index is 6.08. The lowest BCUT2D eigenvalue weighted by atomic mass is 9.88. The Morgan fingerprint density at radius 1 is 1.07 bits per heavy atom. The Balaban J connectivity index is 3.56. The minimum Gasteiger partial charge on any atom is -0.322 e. The molecule has 0 aliphatic rings. The molecule has 0 saturated carbocycles. The molecular weight excluding hydrogens is 217 g/mol. The van der Waals surface area contributed by atoms with Crippen molar-refractivity contribution in [2.24, 2.45) is 5.73 Å². The fourth-order valence-electron chi connectivity index (χ4n) is 1.81. The van der Waals surface area contributed by atoms with Crippen LogP contribution in [-0.2, 0) is 5.54 Å². The third-order valence-corrected chi connectivity index (χ3v) is 3.15. The summed E-state index contributed by atoms with van der Waals surface area (Å²) in [5, 5.41) is 1.35. The van der Waals surface area contributed by atoms with Crippen LogP contribution < -0.4 is 5.73 Å². The van der Waals surface area contributed by atoms with Gasteiger partial charge in [-0.15, -0.1) is 0 Å². The summed E-state index contributed by atoms with van der Waals surface area (Å²) in [5.41, 5.74) is 8.73. The highest BCUT2D eigenvalue weighted by atomic mass is 35.5. The quantitative estimate of drug-likeness (QED) is 0.782. The zero-order valence-electron chi connectivity index (χ0n) is 8.91. The molecule has 0 aromatic heterocycles. The zero-order valence-corrected chi connectivity index (χ0v) is 10.4. The Labute approximate surface area is 95.2 Å². The van der Waals surface area contributed by atoms with Gasteiger partial charge in [-0.25, -0.2) is 0 Å². The molecule has 0 aliphatic carbocycles. The largest absolute Gasteiger partial charge is 0.322 e. The molecule has 0 radical (unpaired) electrons. The van der Waals surface area contributed by atoms with E-state index in [-0.39, 0.29) is 0 Å². The highest BCUT2D eigenvalue weighted by Crippen LogP contribution is 2.34. The third-order valence-electron chi connectivity index (χ3n) is 2.36. The molecule has 0 unspecified atom stereocenters. The van der Waals surface area contributed by atoms with Crippen LogP contribution in [0.15, 0.2) is 6.07 Å². The Morgan fingerprint density at radius 3 is 1.71 bits per heavy atom. The Hall–Kier alpha value is -0.240. The van der Waals surface area contributed by atoms with Gasteiger partial charge in [0.05, 0.1) is 0 Å². The van der Waals surface area contributed by atoms with E-state index in [2.05, 4.69) is 0 Å². The predicted octanol–water partition coefficient (Wildman–Crippen LogP) is 3.80. The molecule has 0 amide bonds. The van der Waals surface area contributed by atoms with Gasteiger partial charge in [-0.05, 0) is 50.5 Å². The lowest BCUT2D eigenvalue weighted by molar-refractivity contribution is 0.547. The second kappa shape index (κ2) is 3.73. The summed E-state index contributed by atoms with van der Waals surface area (Å²) in [6.45, 7) is 7.84. The maximum Gasteiger partial charge on any atom is 0.0453 e. The molecule has 1 rings (SSSR count). The number of hydrogen-bond donors (Lipinski definition) is 1. The highest BCUT2D eigenvalue weighted by molar-refractivity contribution is 6.35. The normalized spacial score (nSPS) is 11.9. The first-order chi connectivity index (χ1) is 6.25. The maximum absolute atomic E-state index is 6.08. The topological polar surface area (TPSA) is 26.0 Å². The zero-order chi connectivity index (χ0) is 11.1. The van der Waals surface area contributed by atoms with Gasteiger partial charge < -0.3 is 5.73 Å². The monoisotopic (exact) mass is 231 g/mol. The summed E-state index contributed by atoms with van der Waals surface area (Å²) in [4.78, 5) is 0. The van der Waals surface area contributed by atoms with E-state index < -0.39 is 5.54 Å². The molecule has 1 aromatic carbocycles. The molecule has 1 nitrogen and oxygen atoms in total. The van der Waals surface area contributed by atoms with Gasteiger partial charge in [-0.2, -0.15) is 0 Å². The minimum atomic E-state index is -0.414. The summed E-state index contributed by atoms with van der Waals surface area (Å²) < 4.78 is 0. The van der Waals surface area contributed by atoms with Gasteiger partial charge >= 0.3 is 0 Å². The van der Waals surface area contributed by atoms with E-state index in [1.54, 1.807) is 6.07 Å². The summed E-state index contributed by atoms with van der Waals surface area (Å²) in [5.74, 6) is 0. The van der Waals surface area contributed by atoms with E-state index in [0.29, 0.717) is 10.0 Å². The summed E-state index contributed by atoms with van der Waals surface area (Å²) >= 11 is 12.1. The lowest BCUT2D eigenvalue weighted by Crippen LogP contribution is -2.30. The second-order valence-electron chi connectivity index (χ2n) is 4.19. The number of benzene rings is 1. The molecule has 14 heavy (non-hydrogen) atoms. The average Bonchev–Trinajstić information content (AvgIpc) is 1.98. The van der Waals surface area contributed by atoms with Crippen molar-refractivity contribution in [2.75, 3.05) is 0 Å². The first-order valence-corrected chi connectivity index (χ1v) is 5.25.